The molecule has 1 N–H and O–H groups in total. The minimum absolute atomic E-state index is 0.0164. The van der Waals surface area contributed by atoms with Gasteiger partial charge in [0.05, 0.1) is 5.02 Å². The molecule has 3 nitrogen and oxygen atoms in total. The second kappa shape index (κ2) is 7.22. The third-order valence-electron chi connectivity index (χ3n) is 3.62. The van der Waals surface area contributed by atoms with Crippen molar-refractivity contribution in [3.05, 3.63) is 63.6 Å². The standard InChI is InChI=1S/C17H19Cl2NO2S/c1-11(2)13-4-6-14(7-5-13)12(3)20-23(21,22)17-10-15(18)8-9-16(17)19/h4-12,20H,1-3H3. The van der Waals surface area contributed by atoms with Crippen LogP contribution in [0.5, 0.6) is 0 Å². The Balaban J connectivity index is 2.24. The molecule has 124 valence electrons. The summed E-state index contributed by atoms with van der Waals surface area (Å²) in [5, 5.41) is 0.466. The maximum absolute atomic E-state index is 12.5. The topological polar surface area (TPSA) is 46.2 Å². The van der Waals surface area contributed by atoms with Crippen LogP contribution in [0.3, 0.4) is 0 Å². The summed E-state index contributed by atoms with van der Waals surface area (Å²) in [6.45, 7) is 6.02. The maximum Gasteiger partial charge on any atom is 0.242 e. The van der Waals surface area contributed by atoms with Gasteiger partial charge >= 0.3 is 0 Å². The molecular formula is C17H19Cl2NO2S. The Kier molecular flexibility index (Phi) is 5.74. The molecule has 23 heavy (non-hydrogen) atoms. The lowest BCUT2D eigenvalue weighted by Crippen LogP contribution is -2.27. The summed E-state index contributed by atoms with van der Waals surface area (Å²) in [5.41, 5.74) is 2.10. The van der Waals surface area contributed by atoms with Gasteiger partial charge in [0, 0.05) is 11.1 Å². The molecule has 1 atom stereocenters. The van der Waals surface area contributed by atoms with Gasteiger partial charge in [-0.15, -0.1) is 0 Å². The zero-order valence-corrected chi connectivity index (χ0v) is 15.5. The molecule has 2 aromatic carbocycles. The molecule has 0 saturated heterocycles. The Bertz CT molecular complexity index is 787. The van der Waals surface area contributed by atoms with Crippen LogP contribution < -0.4 is 4.72 Å². The van der Waals surface area contributed by atoms with Crippen LogP contribution >= 0.6 is 23.2 Å². The molecule has 0 heterocycles. The monoisotopic (exact) mass is 371 g/mol. The smallest absolute Gasteiger partial charge is 0.207 e. The van der Waals surface area contributed by atoms with E-state index in [0.29, 0.717) is 10.9 Å². The quantitative estimate of drug-likeness (QED) is 0.788. The number of rotatable bonds is 5. The molecule has 0 amide bonds. The second-order valence-corrected chi connectivity index (χ2v) is 8.27. The highest BCUT2D eigenvalue weighted by molar-refractivity contribution is 7.89. The highest BCUT2D eigenvalue weighted by atomic mass is 35.5. The van der Waals surface area contributed by atoms with Crippen molar-refractivity contribution in [3.63, 3.8) is 0 Å². The molecule has 0 bridgehead atoms. The van der Waals surface area contributed by atoms with Gasteiger partial charge in [-0.05, 0) is 42.2 Å². The normalized spacial score (nSPS) is 13.3. The lowest BCUT2D eigenvalue weighted by molar-refractivity contribution is 0.567. The van der Waals surface area contributed by atoms with Crippen LogP contribution in [-0.4, -0.2) is 8.42 Å². The van der Waals surface area contributed by atoms with Gasteiger partial charge in [0.1, 0.15) is 4.90 Å². The summed E-state index contributed by atoms with van der Waals surface area (Å²) in [4.78, 5) is -0.0164. The number of benzene rings is 2. The van der Waals surface area contributed by atoms with E-state index >= 15 is 0 Å². The predicted molar refractivity (Wildman–Crippen MR) is 95.7 cm³/mol. The summed E-state index contributed by atoms with van der Waals surface area (Å²) < 4.78 is 27.7. The third-order valence-corrected chi connectivity index (χ3v) is 5.88. The van der Waals surface area contributed by atoms with E-state index in [1.165, 1.54) is 17.7 Å². The zero-order chi connectivity index (χ0) is 17.2. The number of nitrogens with one attached hydrogen (secondary N) is 1. The first-order valence-electron chi connectivity index (χ1n) is 7.28. The minimum atomic E-state index is -3.75. The molecule has 0 aromatic heterocycles. The third kappa shape index (κ3) is 4.48. The lowest BCUT2D eigenvalue weighted by atomic mass is 10.00. The van der Waals surface area contributed by atoms with Crippen LogP contribution in [0.25, 0.3) is 0 Å². The van der Waals surface area contributed by atoms with Gasteiger partial charge in [-0.2, -0.15) is 0 Å². The highest BCUT2D eigenvalue weighted by Gasteiger charge is 2.21. The molecule has 0 spiro atoms. The van der Waals surface area contributed by atoms with Crippen molar-refractivity contribution in [1.29, 1.82) is 0 Å². The van der Waals surface area contributed by atoms with Gasteiger partial charge in [-0.1, -0.05) is 61.3 Å². The largest absolute Gasteiger partial charge is 0.242 e. The van der Waals surface area contributed by atoms with Gasteiger partial charge in [-0.3, -0.25) is 0 Å². The average Bonchev–Trinajstić information content (AvgIpc) is 2.49. The van der Waals surface area contributed by atoms with E-state index in [-0.39, 0.29) is 16.0 Å². The molecule has 0 radical (unpaired) electrons. The Morgan fingerprint density at radius 2 is 1.48 bits per heavy atom. The molecular weight excluding hydrogens is 353 g/mol. The highest BCUT2D eigenvalue weighted by Crippen LogP contribution is 2.27. The molecule has 0 aliphatic rings. The summed E-state index contributed by atoms with van der Waals surface area (Å²) in [5.74, 6) is 0.432. The Morgan fingerprint density at radius 3 is 2.04 bits per heavy atom. The van der Waals surface area contributed by atoms with Gasteiger partial charge in [0.25, 0.3) is 0 Å². The molecule has 2 rings (SSSR count). The van der Waals surface area contributed by atoms with Crippen molar-refractivity contribution >= 4 is 33.2 Å². The fourth-order valence-corrected chi connectivity index (χ4v) is 4.21. The second-order valence-electron chi connectivity index (χ2n) is 5.74. The van der Waals surface area contributed by atoms with Crippen molar-refractivity contribution in [1.82, 2.24) is 4.72 Å². The van der Waals surface area contributed by atoms with Crippen molar-refractivity contribution in [2.24, 2.45) is 0 Å². The van der Waals surface area contributed by atoms with Gasteiger partial charge in [0.2, 0.25) is 10.0 Å². The Morgan fingerprint density at radius 1 is 0.913 bits per heavy atom. The Hall–Kier alpha value is -1.07. The van der Waals surface area contributed by atoms with Crippen LogP contribution in [0.4, 0.5) is 0 Å². The first-order valence-corrected chi connectivity index (χ1v) is 9.52. The van der Waals surface area contributed by atoms with Gasteiger partial charge in [0.15, 0.2) is 0 Å². The van der Waals surface area contributed by atoms with Crippen molar-refractivity contribution in [3.8, 4) is 0 Å². The summed E-state index contributed by atoms with van der Waals surface area (Å²) >= 11 is 11.9. The summed E-state index contributed by atoms with van der Waals surface area (Å²) in [7, 11) is -3.75. The summed E-state index contributed by atoms with van der Waals surface area (Å²) in [6, 6.07) is 11.9. The van der Waals surface area contributed by atoms with Crippen LogP contribution in [0.1, 0.15) is 43.9 Å². The van der Waals surface area contributed by atoms with Crippen molar-refractivity contribution < 1.29 is 8.42 Å². The minimum Gasteiger partial charge on any atom is -0.207 e. The lowest BCUT2D eigenvalue weighted by Gasteiger charge is -2.16. The van der Waals surface area contributed by atoms with E-state index in [9.17, 15) is 8.42 Å². The van der Waals surface area contributed by atoms with E-state index in [1.807, 2.05) is 24.3 Å². The van der Waals surface area contributed by atoms with E-state index in [4.69, 9.17) is 23.2 Å². The molecule has 1 unspecified atom stereocenters. The predicted octanol–water partition coefficient (Wildman–Crippen LogP) is 5.16. The zero-order valence-electron chi connectivity index (χ0n) is 13.2. The molecule has 0 saturated carbocycles. The fourth-order valence-electron chi connectivity index (χ4n) is 2.22. The van der Waals surface area contributed by atoms with E-state index < -0.39 is 10.0 Å². The molecule has 2 aromatic rings. The van der Waals surface area contributed by atoms with Crippen LogP contribution in [0, 0.1) is 0 Å². The number of hydrogen-bond donors (Lipinski definition) is 1. The van der Waals surface area contributed by atoms with Gasteiger partial charge < -0.3 is 0 Å². The Labute approximate surface area is 147 Å². The van der Waals surface area contributed by atoms with Gasteiger partial charge in [-0.25, -0.2) is 13.1 Å². The fraction of sp³-hybridized carbons (Fsp3) is 0.294. The van der Waals surface area contributed by atoms with Crippen LogP contribution in [0.2, 0.25) is 10.0 Å². The number of sulfonamides is 1. The molecule has 0 aliphatic heterocycles. The SMILES string of the molecule is CC(C)c1ccc(C(C)NS(=O)(=O)c2cc(Cl)ccc2Cl)cc1. The van der Waals surface area contributed by atoms with Crippen molar-refractivity contribution in [2.45, 2.75) is 37.6 Å². The average molecular weight is 372 g/mol. The van der Waals surface area contributed by atoms with E-state index in [1.54, 1.807) is 13.0 Å². The number of halogens is 2. The molecule has 6 heteroatoms. The molecule has 0 aliphatic carbocycles. The maximum atomic E-state index is 12.5. The first-order chi connectivity index (χ1) is 10.7. The molecule has 0 fully saturated rings. The van der Waals surface area contributed by atoms with E-state index in [2.05, 4.69) is 18.6 Å². The van der Waals surface area contributed by atoms with Crippen LogP contribution in [-0.2, 0) is 10.0 Å². The van der Waals surface area contributed by atoms with Crippen molar-refractivity contribution in [2.75, 3.05) is 0 Å². The van der Waals surface area contributed by atoms with Crippen LogP contribution in [0.15, 0.2) is 47.4 Å². The summed E-state index contributed by atoms with van der Waals surface area (Å²) in [6.07, 6.45) is 0. The first kappa shape index (κ1) is 18.3. The number of hydrogen-bond acceptors (Lipinski definition) is 2. The van der Waals surface area contributed by atoms with E-state index in [0.717, 1.165) is 5.56 Å².